The third-order valence-electron chi connectivity index (χ3n) is 1.59. The Kier molecular flexibility index (Phi) is 4.21. The number of rotatable bonds is 3. The molecule has 72 valence electrons. The molecule has 0 bridgehead atoms. The van der Waals surface area contributed by atoms with Crippen molar-refractivity contribution in [3.63, 3.8) is 0 Å². The van der Waals surface area contributed by atoms with Crippen LogP contribution < -0.4 is 5.46 Å². The lowest BCUT2D eigenvalue weighted by Gasteiger charge is -2.03. The van der Waals surface area contributed by atoms with Crippen LogP contribution in [0.3, 0.4) is 0 Å². The molecule has 0 unspecified atom stereocenters. The van der Waals surface area contributed by atoms with Gasteiger partial charge in [0.15, 0.2) is 0 Å². The van der Waals surface area contributed by atoms with Crippen molar-refractivity contribution >= 4 is 35.2 Å². The highest BCUT2D eigenvalue weighted by atomic mass is 127. The summed E-state index contributed by atoms with van der Waals surface area (Å²) < 4.78 is 0.872. The molecule has 0 aliphatic rings. The summed E-state index contributed by atoms with van der Waals surface area (Å²) in [7, 11) is -1.49. The molecule has 0 aromatic heterocycles. The van der Waals surface area contributed by atoms with Gasteiger partial charge >= 0.3 is 7.12 Å². The maximum atomic E-state index is 8.95. The maximum Gasteiger partial charge on any atom is 0.488 e. The van der Waals surface area contributed by atoms with Crippen LogP contribution in [0.25, 0.3) is 10.4 Å². The van der Waals surface area contributed by atoms with Crippen LogP contribution in [-0.2, 0) is 6.54 Å². The fourth-order valence-corrected chi connectivity index (χ4v) is 1.79. The van der Waals surface area contributed by atoms with Gasteiger partial charge in [0, 0.05) is 8.48 Å². The first-order chi connectivity index (χ1) is 6.63. The van der Waals surface area contributed by atoms with Crippen molar-refractivity contribution in [2.24, 2.45) is 5.11 Å². The molecule has 0 atom stereocenters. The lowest BCUT2D eigenvalue weighted by molar-refractivity contribution is 0.425. The fraction of sp³-hybridized carbons (Fsp3) is 0.143. The van der Waals surface area contributed by atoms with Crippen LogP contribution in [0.1, 0.15) is 5.56 Å². The molecule has 7 heteroatoms. The average Bonchev–Trinajstić information content (AvgIpc) is 2.14. The Morgan fingerprint density at radius 1 is 1.43 bits per heavy atom. The highest BCUT2D eigenvalue weighted by Crippen LogP contribution is 2.07. The topological polar surface area (TPSA) is 89.2 Å². The van der Waals surface area contributed by atoms with E-state index in [1.807, 2.05) is 6.07 Å². The molecule has 1 aromatic rings. The van der Waals surface area contributed by atoms with Gasteiger partial charge in [-0.1, -0.05) is 11.2 Å². The highest BCUT2D eigenvalue weighted by Gasteiger charge is 2.11. The Hall–Kier alpha value is -0.755. The second-order valence-corrected chi connectivity index (χ2v) is 3.90. The first kappa shape index (κ1) is 11.3. The Bertz CT molecular complexity index is 379. The Labute approximate surface area is 94.7 Å². The number of halogens is 1. The Morgan fingerprint density at radius 2 is 2.14 bits per heavy atom. The molecule has 0 aliphatic heterocycles. The van der Waals surface area contributed by atoms with Crippen molar-refractivity contribution in [2.75, 3.05) is 0 Å². The minimum Gasteiger partial charge on any atom is -0.423 e. The van der Waals surface area contributed by atoms with E-state index in [0.717, 1.165) is 9.13 Å². The zero-order chi connectivity index (χ0) is 10.6. The van der Waals surface area contributed by atoms with Crippen LogP contribution in [0.2, 0.25) is 0 Å². The number of benzene rings is 1. The number of hydrogen-bond acceptors (Lipinski definition) is 3. The lowest BCUT2D eigenvalue weighted by atomic mass is 9.80. The molecule has 5 nitrogen and oxygen atoms in total. The van der Waals surface area contributed by atoms with Gasteiger partial charge in [0.2, 0.25) is 0 Å². The van der Waals surface area contributed by atoms with Crippen molar-refractivity contribution in [1.82, 2.24) is 0 Å². The van der Waals surface area contributed by atoms with E-state index in [-0.39, 0.29) is 6.54 Å². The average molecular weight is 303 g/mol. The monoisotopic (exact) mass is 303 g/mol. The minimum absolute atomic E-state index is 0.215. The number of hydrogen-bond donors (Lipinski definition) is 2. The van der Waals surface area contributed by atoms with E-state index in [9.17, 15) is 0 Å². The largest absolute Gasteiger partial charge is 0.488 e. The molecule has 0 heterocycles. The fourth-order valence-electron chi connectivity index (χ4n) is 1.03. The lowest BCUT2D eigenvalue weighted by Crippen LogP contribution is -2.30. The summed E-state index contributed by atoms with van der Waals surface area (Å²) in [6, 6.07) is 5.08. The zero-order valence-electron chi connectivity index (χ0n) is 7.13. The molecule has 2 N–H and O–H groups in total. The molecule has 0 saturated heterocycles. The van der Waals surface area contributed by atoms with E-state index in [4.69, 9.17) is 15.6 Å². The summed E-state index contributed by atoms with van der Waals surface area (Å²) in [6.45, 7) is 0.215. The molecule has 0 radical (unpaired) electrons. The van der Waals surface area contributed by atoms with E-state index in [1.54, 1.807) is 12.1 Å². The standard InChI is InChI=1S/C7H7BIN3O2/c9-7-2-5(4-11-12-10)1-6(3-7)8(13)14/h1-3,13-14H,4H2. The van der Waals surface area contributed by atoms with Crippen LogP contribution >= 0.6 is 22.6 Å². The maximum absolute atomic E-state index is 8.95. The number of azide groups is 1. The molecule has 1 aromatic carbocycles. The summed E-state index contributed by atoms with van der Waals surface area (Å²) in [5, 5.41) is 21.3. The predicted molar refractivity (Wildman–Crippen MR) is 61.8 cm³/mol. The van der Waals surface area contributed by atoms with Gasteiger partial charge in [-0.15, -0.1) is 0 Å². The van der Waals surface area contributed by atoms with Gasteiger partial charge in [-0.2, -0.15) is 0 Å². The van der Waals surface area contributed by atoms with Gasteiger partial charge < -0.3 is 10.0 Å². The van der Waals surface area contributed by atoms with Crippen LogP contribution in [0.15, 0.2) is 23.3 Å². The minimum atomic E-state index is -1.49. The van der Waals surface area contributed by atoms with E-state index < -0.39 is 7.12 Å². The summed E-state index contributed by atoms with van der Waals surface area (Å²) in [5.74, 6) is 0. The van der Waals surface area contributed by atoms with Gasteiger partial charge in [-0.3, -0.25) is 0 Å². The summed E-state index contributed by atoms with van der Waals surface area (Å²) in [4.78, 5) is 2.63. The quantitative estimate of drug-likeness (QED) is 0.284. The van der Waals surface area contributed by atoms with Crippen molar-refractivity contribution in [1.29, 1.82) is 0 Å². The molecule has 0 aliphatic carbocycles. The normalized spacial score (nSPS) is 9.36. The van der Waals surface area contributed by atoms with Gasteiger partial charge in [-0.25, -0.2) is 0 Å². The van der Waals surface area contributed by atoms with E-state index in [2.05, 4.69) is 32.6 Å². The van der Waals surface area contributed by atoms with Crippen molar-refractivity contribution in [3.8, 4) is 0 Å². The van der Waals surface area contributed by atoms with E-state index >= 15 is 0 Å². The summed E-state index contributed by atoms with van der Waals surface area (Å²) >= 11 is 2.06. The van der Waals surface area contributed by atoms with E-state index in [0.29, 0.717) is 5.46 Å². The molecule has 1 rings (SSSR count). The van der Waals surface area contributed by atoms with Crippen molar-refractivity contribution in [3.05, 3.63) is 37.8 Å². The molecule has 0 amide bonds. The van der Waals surface area contributed by atoms with Crippen LogP contribution in [-0.4, -0.2) is 17.2 Å². The predicted octanol–water partition coefficient (Wildman–Crippen LogP) is 0.781. The van der Waals surface area contributed by atoms with Gasteiger partial charge in [0.25, 0.3) is 0 Å². The smallest absolute Gasteiger partial charge is 0.423 e. The summed E-state index contributed by atoms with van der Waals surface area (Å²) in [6.07, 6.45) is 0. The molecule has 14 heavy (non-hydrogen) atoms. The third kappa shape index (κ3) is 3.19. The molecule has 0 saturated carbocycles. The molecule has 0 spiro atoms. The molecular formula is C7H7BIN3O2. The van der Waals surface area contributed by atoms with Crippen molar-refractivity contribution < 1.29 is 10.0 Å². The van der Waals surface area contributed by atoms with Crippen molar-refractivity contribution in [2.45, 2.75) is 6.54 Å². The second-order valence-electron chi connectivity index (χ2n) is 2.66. The van der Waals surface area contributed by atoms with Crippen LogP contribution in [0, 0.1) is 3.57 Å². The third-order valence-corrected chi connectivity index (χ3v) is 2.22. The number of nitrogens with zero attached hydrogens (tertiary/aromatic N) is 3. The Balaban J connectivity index is 3.00. The van der Waals surface area contributed by atoms with Gasteiger partial charge in [0.05, 0.1) is 6.54 Å². The SMILES string of the molecule is [N-]=[N+]=NCc1cc(I)cc(B(O)O)c1. The zero-order valence-corrected chi connectivity index (χ0v) is 9.29. The van der Waals surface area contributed by atoms with Gasteiger partial charge in [0.1, 0.15) is 0 Å². The second kappa shape index (κ2) is 5.21. The van der Waals surface area contributed by atoms with Crippen LogP contribution in [0.5, 0.6) is 0 Å². The van der Waals surface area contributed by atoms with E-state index in [1.165, 1.54) is 0 Å². The highest BCUT2D eigenvalue weighted by molar-refractivity contribution is 14.1. The molecule has 0 fully saturated rings. The van der Waals surface area contributed by atoms with Gasteiger partial charge in [-0.05, 0) is 51.3 Å². The first-order valence-corrected chi connectivity index (χ1v) is 4.87. The van der Waals surface area contributed by atoms with Crippen LogP contribution in [0.4, 0.5) is 0 Å². The Morgan fingerprint density at radius 3 is 2.71 bits per heavy atom. The molecular weight excluding hydrogens is 296 g/mol. The summed E-state index contributed by atoms with van der Waals surface area (Å²) in [5.41, 5.74) is 9.30. The first-order valence-electron chi connectivity index (χ1n) is 3.80.